The van der Waals surface area contributed by atoms with Gasteiger partial charge in [0.1, 0.15) is 0 Å². The summed E-state index contributed by atoms with van der Waals surface area (Å²) in [5.74, 6) is -1.50. The summed E-state index contributed by atoms with van der Waals surface area (Å²) in [6.07, 6.45) is 0. The number of fused-ring (bicyclic) bond motifs is 3. The van der Waals surface area contributed by atoms with E-state index in [1.165, 1.54) is 12.1 Å². The molecule has 62 heavy (non-hydrogen) atoms. The Bertz CT molecular complexity index is 2390. The van der Waals surface area contributed by atoms with Crippen LogP contribution < -0.4 is 55.4 Å². The highest BCUT2D eigenvalue weighted by Gasteiger charge is 2.20. The van der Waals surface area contributed by atoms with Gasteiger partial charge in [-0.3, -0.25) is 28.8 Å². The number of nitrogens with one attached hydrogen (secondary N) is 4. The number of hydrogen-bond acceptors (Lipinski definition) is 17. The van der Waals surface area contributed by atoms with Gasteiger partial charge in [0.2, 0.25) is 20.4 Å². The maximum Gasteiger partial charge on any atom is 0.314 e. The third-order valence-electron chi connectivity index (χ3n) is 7.69. The van der Waals surface area contributed by atoms with Gasteiger partial charge in [-0.05, 0) is 83.9 Å². The molecule has 3 aliphatic heterocycles. The fraction of sp³-hybridized carbons (Fsp3) is 0.0769. The Morgan fingerprint density at radius 3 is 1.03 bits per heavy atom. The summed E-state index contributed by atoms with van der Waals surface area (Å²) >= 11 is 8.98. The van der Waals surface area contributed by atoms with Crippen LogP contribution in [0.2, 0.25) is 0 Å². The highest BCUT2D eigenvalue weighted by Crippen LogP contribution is 2.36. The van der Waals surface area contributed by atoms with E-state index >= 15 is 0 Å². The van der Waals surface area contributed by atoms with Crippen LogP contribution in [0.15, 0.2) is 91.0 Å². The first-order chi connectivity index (χ1) is 29.6. The normalized spacial score (nSPS) is 11.7. The van der Waals surface area contributed by atoms with Crippen molar-refractivity contribution in [2.24, 2.45) is 0 Å². The van der Waals surface area contributed by atoms with E-state index in [9.17, 15) is 39.0 Å². The molecule has 0 saturated carbocycles. The summed E-state index contributed by atoms with van der Waals surface area (Å²) in [5.41, 5.74) is 7.29. The Morgan fingerprint density at radius 1 is 0.403 bits per heavy atom. The Kier molecular flexibility index (Phi) is 14.9. The van der Waals surface area contributed by atoms with Crippen molar-refractivity contribution < 1.29 is 77.6 Å². The number of benzene rings is 5. The lowest BCUT2D eigenvalue weighted by Crippen LogP contribution is -2.29. The number of phenols is 4. The zero-order chi connectivity index (χ0) is 44.9. The fourth-order valence-electron chi connectivity index (χ4n) is 4.82. The maximum atomic E-state index is 12.0. The quantitative estimate of drug-likeness (QED) is 0.0390. The molecule has 0 aliphatic carbocycles. The van der Waals surface area contributed by atoms with Crippen molar-refractivity contribution in [2.75, 3.05) is 47.4 Å². The predicted molar refractivity (Wildman–Crippen MR) is 218 cm³/mol. The Labute approximate surface area is 358 Å². The second-order valence-electron chi connectivity index (χ2n) is 12.0. The first kappa shape index (κ1) is 44.8. The van der Waals surface area contributed by atoms with Crippen molar-refractivity contribution in [2.45, 2.75) is 0 Å². The summed E-state index contributed by atoms with van der Waals surface area (Å²) < 4.78 is 31.0. The second-order valence-corrected chi connectivity index (χ2v) is 12.7. The lowest BCUT2D eigenvalue weighted by atomic mass is 10.2. The van der Waals surface area contributed by atoms with Gasteiger partial charge in [-0.15, -0.1) is 0 Å². The molecule has 10 N–H and O–H groups in total. The van der Waals surface area contributed by atoms with Gasteiger partial charge in [-0.1, -0.05) is 0 Å². The van der Waals surface area contributed by atoms with Crippen LogP contribution in [0.4, 0.5) is 28.4 Å². The molecule has 4 amide bonds. The van der Waals surface area contributed by atoms with Gasteiger partial charge in [0.15, 0.2) is 57.5 Å². The highest BCUT2D eigenvalue weighted by atomic mass is 35.5. The Hall–Kier alpha value is -8.30. The number of nitrogens with two attached hydrogens (primary N) is 1. The van der Waals surface area contributed by atoms with E-state index in [0.717, 1.165) is 35.8 Å². The van der Waals surface area contributed by atoms with Gasteiger partial charge in [0, 0.05) is 58.8 Å². The topological polar surface area (TPSA) is 313 Å². The van der Waals surface area contributed by atoms with Crippen LogP contribution in [-0.4, -0.2) is 74.9 Å². The van der Waals surface area contributed by atoms with E-state index in [4.69, 9.17) is 44.4 Å². The lowest BCUT2D eigenvalue weighted by molar-refractivity contribution is -0.133. The average molecular weight is 897 g/mol. The van der Waals surface area contributed by atoms with Crippen molar-refractivity contribution in [3.63, 3.8) is 0 Å². The van der Waals surface area contributed by atoms with E-state index in [2.05, 4.69) is 44.5 Å². The number of halogens is 2. The zero-order valence-corrected chi connectivity index (χ0v) is 32.8. The van der Waals surface area contributed by atoms with E-state index in [1.54, 1.807) is 54.6 Å². The lowest BCUT2D eigenvalue weighted by Gasteiger charge is -2.08. The van der Waals surface area contributed by atoms with Crippen LogP contribution in [0.1, 0.15) is 0 Å². The fourth-order valence-corrected chi connectivity index (χ4v) is 4.82. The number of carbonyl (C=O) groups is 6. The molecule has 5 aromatic rings. The summed E-state index contributed by atoms with van der Waals surface area (Å²) in [6.45, 7) is 0.577. The SMILES string of the molecule is Nc1ccc2c(c1)OCO2.O=C(Cl)C(=O)Cl.O=C(Nc1ccc(O)c(O)c1)C(=O)Nc1ccc(O)c(O)c1.O=C(Nc1ccc2c(c1)OCO2)C(=O)Nc1ccc2c(c1)OCO2. The summed E-state index contributed by atoms with van der Waals surface area (Å²) in [4.78, 5) is 66.2. The number of anilines is 5. The maximum absolute atomic E-state index is 12.0. The minimum Gasteiger partial charge on any atom is -0.504 e. The van der Waals surface area contributed by atoms with Crippen molar-refractivity contribution in [1.82, 2.24) is 0 Å². The molecule has 0 atom stereocenters. The summed E-state index contributed by atoms with van der Waals surface area (Å²) in [7, 11) is 0. The molecule has 0 aromatic heterocycles. The number of carbonyl (C=O) groups excluding carboxylic acids is 6. The van der Waals surface area contributed by atoms with Crippen LogP contribution in [0.3, 0.4) is 0 Å². The average Bonchev–Trinajstić information content (AvgIpc) is 4.02. The van der Waals surface area contributed by atoms with Crippen LogP contribution >= 0.6 is 23.2 Å². The third-order valence-corrected chi connectivity index (χ3v) is 8.13. The zero-order valence-electron chi connectivity index (χ0n) is 31.3. The molecule has 5 aromatic carbocycles. The minimum atomic E-state index is -1.14. The molecular weight excluding hydrogens is 865 g/mol. The van der Waals surface area contributed by atoms with Crippen molar-refractivity contribution in [3.05, 3.63) is 91.0 Å². The molecule has 0 saturated heterocycles. The monoisotopic (exact) mass is 895 g/mol. The predicted octanol–water partition coefficient (Wildman–Crippen LogP) is 4.32. The van der Waals surface area contributed by atoms with E-state index in [-0.39, 0.29) is 36.5 Å². The van der Waals surface area contributed by atoms with Crippen LogP contribution in [0.25, 0.3) is 0 Å². The summed E-state index contributed by atoms with van der Waals surface area (Å²) in [6, 6.07) is 22.1. The third kappa shape index (κ3) is 12.6. The van der Waals surface area contributed by atoms with Crippen LogP contribution in [-0.2, 0) is 28.8 Å². The van der Waals surface area contributed by atoms with E-state index < -0.39 is 45.6 Å². The molecule has 0 fully saturated rings. The number of nitrogen functional groups attached to an aromatic ring is 1. The van der Waals surface area contributed by atoms with Crippen molar-refractivity contribution >= 4 is 85.8 Å². The first-order valence-electron chi connectivity index (χ1n) is 17.2. The summed E-state index contributed by atoms with van der Waals surface area (Å²) in [5, 5.41) is 44.0. The van der Waals surface area contributed by atoms with E-state index in [0.29, 0.717) is 46.9 Å². The smallest absolute Gasteiger partial charge is 0.314 e. The number of aromatic hydroxyl groups is 4. The number of amides is 4. The van der Waals surface area contributed by atoms with Crippen LogP contribution in [0.5, 0.6) is 57.5 Å². The van der Waals surface area contributed by atoms with Gasteiger partial charge in [-0.2, -0.15) is 0 Å². The molecule has 23 heteroatoms. The number of hydrogen-bond donors (Lipinski definition) is 9. The standard InChI is InChI=1S/C16H12N2O6.C14H12N2O6.C7H7NO2.C2Cl2O2/c19-15(17-9-1-3-11-13(5-9)23-7-21-11)16(20)18-10-2-4-12-14(6-10)24-8-22-12;17-9-3-1-7(5-11(9)19)15-13(21)14(22)16-8-2-4-10(18)12(20)6-8;8-5-1-2-6-7(3-5)10-4-9-6;3-1(5)2(4)6/h1-6H,7-8H2,(H,17,19)(H,18,20);1-6,17-20H,(H,15,21)(H,16,22);1-3H,4,8H2;. The highest BCUT2D eigenvalue weighted by molar-refractivity contribution is 6.97. The van der Waals surface area contributed by atoms with Gasteiger partial charge >= 0.3 is 34.1 Å². The molecule has 322 valence electrons. The molecule has 0 radical (unpaired) electrons. The second kappa shape index (κ2) is 20.6. The molecule has 8 rings (SSSR count). The first-order valence-corrected chi connectivity index (χ1v) is 17.9. The Balaban J connectivity index is 0.000000174. The van der Waals surface area contributed by atoms with E-state index in [1.807, 2.05) is 0 Å². The number of rotatable bonds is 5. The molecular formula is C39H31Cl2N5O16. The van der Waals surface area contributed by atoms with Crippen LogP contribution in [0, 0.1) is 0 Å². The molecule has 0 spiro atoms. The molecule has 21 nitrogen and oxygen atoms in total. The number of ether oxygens (including phenoxy) is 6. The molecule has 3 aliphatic rings. The van der Waals surface area contributed by atoms with Crippen molar-refractivity contribution in [3.8, 4) is 57.5 Å². The largest absolute Gasteiger partial charge is 0.504 e. The van der Waals surface area contributed by atoms with Gasteiger partial charge in [-0.25, -0.2) is 0 Å². The molecule has 0 bridgehead atoms. The Morgan fingerprint density at radius 2 is 0.694 bits per heavy atom. The van der Waals surface area contributed by atoms with Gasteiger partial charge in [0.05, 0.1) is 0 Å². The minimum absolute atomic E-state index is 0.115. The molecule has 3 heterocycles. The van der Waals surface area contributed by atoms with Gasteiger partial charge < -0.3 is 75.8 Å². The number of phenolic OH excluding ortho intramolecular Hbond substituents is 4. The van der Waals surface area contributed by atoms with Gasteiger partial charge in [0.25, 0.3) is 0 Å². The van der Waals surface area contributed by atoms with Crippen molar-refractivity contribution in [1.29, 1.82) is 0 Å². The molecule has 0 unspecified atom stereocenters.